The number of carbonyl (C=O) groups excluding carboxylic acids is 1. The number of likely N-dealkylation sites (tertiary alicyclic amines) is 1. The van der Waals surface area contributed by atoms with Crippen molar-refractivity contribution in [2.45, 2.75) is 12.5 Å². The molecule has 3 rings (SSSR count). The van der Waals surface area contributed by atoms with Crippen molar-refractivity contribution in [3.63, 3.8) is 0 Å². The maximum atomic E-state index is 11.8. The molecule has 3 heterocycles. The number of fused-ring (bicyclic) bond motifs is 1. The van der Waals surface area contributed by atoms with E-state index in [4.69, 9.17) is 0 Å². The Morgan fingerprint density at radius 1 is 1.53 bits per heavy atom. The van der Waals surface area contributed by atoms with Gasteiger partial charge in [0.25, 0.3) is 0 Å². The number of hydrogen-bond acceptors (Lipinski definition) is 5. The highest BCUT2D eigenvalue weighted by atomic mass is 16.2. The predicted octanol–water partition coefficient (Wildman–Crippen LogP) is -0.00450. The number of amides is 1. The van der Waals surface area contributed by atoms with E-state index in [2.05, 4.69) is 25.5 Å². The Hall–Kier alpha value is -2.18. The van der Waals surface area contributed by atoms with Gasteiger partial charge in [-0.2, -0.15) is 5.10 Å². The molecular formula is C10H12N6O. The summed E-state index contributed by atoms with van der Waals surface area (Å²) < 4.78 is 0. The van der Waals surface area contributed by atoms with E-state index in [0.29, 0.717) is 11.5 Å². The Morgan fingerprint density at radius 3 is 3.18 bits per heavy atom. The quantitative estimate of drug-likeness (QED) is 0.760. The zero-order valence-electron chi connectivity index (χ0n) is 9.34. The minimum absolute atomic E-state index is 0.0975. The SMILES string of the molecule is CN1CCC(Nc2ncnc3[nH]ncc23)C1=O. The Bertz CT molecular complexity index is 565. The molecule has 2 aromatic heterocycles. The van der Waals surface area contributed by atoms with E-state index in [1.807, 2.05) is 0 Å². The second-order valence-electron chi connectivity index (χ2n) is 4.10. The van der Waals surface area contributed by atoms with E-state index in [0.717, 1.165) is 18.4 Å². The summed E-state index contributed by atoms with van der Waals surface area (Å²) in [5, 5.41) is 10.6. The summed E-state index contributed by atoms with van der Waals surface area (Å²) >= 11 is 0. The van der Waals surface area contributed by atoms with E-state index >= 15 is 0 Å². The zero-order chi connectivity index (χ0) is 11.8. The van der Waals surface area contributed by atoms with Crippen LogP contribution in [0.1, 0.15) is 6.42 Å². The van der Waals surface area contributed by atoms with Gasteiger partial charge in [-0.15, -0.1) is 0 Å². The lowest BCUT2D eigenvalue weighted by molar-refractivity contribution is -0.127. The van der Waals surface area contributed by atoms with Crippen LogP contribution in [0.4, 0.5) is 5.82 Å². The summed E-state index contributed by atoms with van der Waals surface area (Å²) in [6.45, 7) is 0.774. The zero-order valence-corrected chi connectivity index (χ0v) is 9.34. The summed E-state index contributed by atoms with van der Waals surface area (Å²) in [5.41, 5.74) is 0.668. The fourth-order valence-corrected chi connectivity index (χ4v) is 2.00. The van der Waals surface area contributed by atoms with Crippen molar-refractivity contribution in [1.82, 2.24) is 25.1 Å². The first kappa shape index (κ1) is 10.0. The number of anilines is 1. The van der Waals surface area contributed by atoms with Crippen molar-refractivity contribution in [2.75, 3.05) is 18.9 Å². The van der Waals surface area contributed by atoms with Crippen LogP contribution in [0.15, 0.2) is 12.5 Å². The molecule has 0 radical (unpaired) electrons. The van der Waals surface area contributed by atoms with Crippen LogP contribution in [-0.2, 0) is 4.79 Å². The number of aromatic nitrogens is 4. The fraction of sp³-hybridized carbons (Fsp3) is 0.400. The maximum Gasteiger partial charge on any atom is 0.244 e. The van der Waals surface area contributed by atoms with Gasteiger partial charge in [-0.3, -0.25) is 9.89 Å². The van der Waals surface area contributed by atoms with Crippen molar-refractivity contribution < 1.29 is 4.79 Å². The maximum absolute atomic E-state index is 11.8. The third kappa shape index (κ3) is 1.59. The van der Waals surface area contributed by atoms with Crippen molar-refractivity contribution in [1.29, 1.82) is 0 Å². The Labute approximate surface area is 97.2 Å². The number of nitrogens with one attached hydrogen (secondary N) is 2. The molecule has 7 nitrogen and oxygen atoms in total. The Morgan fingerprint density at radius 2 is 2.41 bits per heavy atom. The summed E-state index contributed by atoms with van der Waals surface area (Å²) in [6.07, 6.45) is 3.89. The number of rotatable bonds is 2. The molecule has 17 heavy (non-hydrogen) atoms. The van der Waals surface area contributed by atoms with Gasteiger partial charge in [0.05, 0.1) is 11.6 Å². The Kier molecular flexibility index (Phi) is 2.17. The van der Waals surface area contributed by atoms with Gasteiger partial charge in [0.2, 0.25) is 5.91 Å². The first-order valence-electron chi connectivity index (χ1n) is 5.41. The van der Waals surface area contributed by atoms with Gasteiger partial charge in [-0.1, -0.05) is 0 Å². The highest BCUT2D eigenvalue weighted by Gasteiger charge is 2.29. The third-order valence-electron chi connectivity index (χ3n) is 2.99. The number of likely N-dealkylation sites (N-methyl/N-ethyl adjacent to an activating group) is 1. The number of carbonyl (C=O) groups is 1. The summed E-state index contributed by atoms with van der Waals surface area (Å²) in [7, 11) is 1.80. The topological polar surface area (TPSA) is 86.8 Å². The van der Waals surface area contributed by atoms with Crippen LogP contribution in [-0.4, -0.2) is 50.6 Å². The molecule has 0 spiro atoms. The van der Waals surface area contributed by atoms with Crippen LogP contribution in [0.25, 0.3) is 11.0 Å². The lowest BCUT2D eigenvalue weighted by Crippen LogP contribution is -2.31. The van der Waals surface area contributed by atoms with Crippen LogP contribution in [0, 0.1) is 0 Å². The predicted molar refractivity (Wildman–Crippen MR) is 61.3 cm³/mol. The molecule has 1 fully saturated rings. The molecule has 1 aliphatic rings. The van der Waals surface area contributed by atoms with Crippen LogP contribution in [0.2, 0.25) is 0 Å². The van der Waals surface area contributed by atoms with Crippen molar-refractivity contribution >= 4 is 22.8 Å². The van der Waals surface area contributed by atoms with Gasteiger partial charge in [0, 0.05) is 13.6 Å². The largest absolute Gasteiger partial charge is 0.358 e. The molecule has 88 valence electrons. The lowest BCUT2D eigenvalue weighted by Gasteiger charge is -2.12. The van der Waals surface area contributed by atoms with Crippen molar-refractivity contribution in [2.24, 2.45) is 0 Å². The molecule has 0 bridgehead atoms. The summed E-state index contributed by atoms with van der Waals surface area (Å²) in [4.78, 5) is 21.7. The van der Waals surface area contributed by atoms with E-state index in [-0.39, 0.29) is 11.9 Å². The van der Waals surface area contributed by atoms with E-state index in [1.54, 1.807) is 18.1 Å². The smallest absolute Gasteiger partial charge is 0.244 e. The molecule has 0 saturated carbocycles. The van der Waals surface area contributed by atoms with Crippen LogP contribution in [0.3, 0.4) is 0 Å². The minimum Gasteiger partial charge on any atom is -0.358 e. The first-order valence-corrected chi connectivity index (χ1v) is 5.41. The van der Waals surface area contributed by atoms with E-state index in [1.165, 1.54) is 6.33 Å². The highest BCUT2D eigenvalue weighted by Crippen LogP contribution is 2.20. The monoisotopic (exact) mass is 232 g/mol. The second kappa shape index (κ2) is 3.69. The molecule has 1 atom stereocenters. The third-order valence-corrected chi connectivity index (χ3v) is 2.99. The Balaban J connectivity index is 1.90. The van der Waals surface area contributed by atoms with Crippen molar-refractivity contribution in [3.05, 3.63) is 12.5 Å². The summed E-state index contributed by atoms with van der Waals surface area (Å²) in [5.74, 6) is 0.748. The molecule has 2 N–H and O–H groups in total. The average molecular weight is 232 g/mol. The molecule has 0 aromatic carbocycles. The van der Waals surface area contributed by atoms with Crippen LogP contribution in [0.5, 0.6) is 0 Å². The lowest BCUT2D eigenvalue weighted by atomic mass is 10.2. The van der Waals surface area contributed by atoms with Gasteiger partial charge >= 0.3 is 0 Å². The molecule has 1 aliphatic heterocycles. The van der Waals surface area contributed by atoms with Crippen molar-refractivity contribution in [3.8, 4) is 0 Å². The van der Waals surface area contributed by atoms with Crippen LogP contribution < -0.4 is 5.32 Å². The molecule has 1 saturated heterocycles. The van der Waals surface area contributed by atoms with Gasteiger partial charge < -0.3 is 10.2 Å². The fourth-order valence-electron chi connectivity index (χ4n) is 2.00. The molecule has 2 aromatic rings. The number of hydrogen-bond donors (Lipinski definition) is 2. The van der Waals surface area contributed by atoms with E-state index in [9.17, 15) is 4.79 Å². The average Bonchev–Trinajstić information content (AvgIpc) is 2.91. The van der Waals surface area contributed by atoms with Crippen LogP contribution >= 0.6 is 0 Å². The summed E-state index contributed by atoms with van der Waals surface area (Å²) in [6, 6.07) is -0.201. The second-order valence-corrected chi connectivity index (χ2v) is 4.10. The number of aromatic amines is 1. The van der Waals surface area contributed by atoms with E-state index < -0.39 is 0 Å². The number of nitrogens with zero attached hydrogens (tertiary/aromatic N) is 4. The highest BCUT2D eigenvalue weighted by molar-refractivity contribution is 5.91. The molecule has 1 amide bonds. The van der Waals surface area contributed by atoms with Gasteiger partial charge in [0.1, 0.15) is 18.2 Å². The molecule has 7 heteroatoms. The molecule has 1 unspecified atom stereocenters. The number of H-pyrrole nitrogens is 1. The minimum atomic E-state index is -0.201. The van der Waals surface area contributed by atoms with Gasteiger partial charge in [-0.05, 0) is 6.42 Å². The first-order chi connectivity index (χ1) is 8.25. The normalized spacial score (nSPS) is 20.2. The van der Waals surface area contributed by atoms with Gasteiger partial charge in [0.15, 0.2) is 5.65 Å². The molecule has 0 aliphatic carbocycles. The molecular weight excluding hydrogens is 220 g/mol. The van der Waals surface area contributed by atoms with Gasteiger partial charge in [-0.25, -0.2) is 9.97 Å². The standard InChI is InChI=1S/C10H12N6O/c1-16-3-2-7(10(16)17)14-8-6-4-13-15-9(6)12-5-11-8/h4-5,7H,2-3H2,1H3,(H2,11,12,13,14,15).